The van der Waals surface area contributed by atoms with E-state index in [0.29, 0.717) is 5.69 Å². The number of nitrogens with one attached hydrogen (secondary N) is 1. The molecule has 1 N–H and O–H groups in total. The van der Waals surface area contributed by atoms with Crippen LogP contribution in [0.2, 0.25) is 0 Å². The van der Waals surface area contributed by atoms with E-state index >= 15 is 0 Å². The van der Waals surface area contributed by atoms with Crippen LogP contribution >= 0.6 is 0 Å². The van der Waals surface area contributed by atoms with Crippen LogP contribution in [0.5, 0.6) is 11.5 Å². The van der Waals surface area contributed by atoms with Gasteiger partial charge in [0.15, 0.2) is 5.78 Å². The molecule has 2 aromatic carbocycles. The molecule has 2 aromatic heterocycles. The van der Waals surface area contributed by atoms with Crippen molar-refractivity contribution in [2.45, 2.75) is 19.0 Å². The molecule has 166 valence electrons. The van der Waals surface area contributed by atoms with Crippen molar-refractivity contribution >= 4 is 16.8 Å². The number of aromatic amines is 1. The number of Topliss-reactive ketones (excluding diaryl/α,β-unsaturated/α-hetero) is 1. The molecule has 0 bridgehead atoms. The SMILES string of the molecule is COc1cc(-n2cnc3cc(-c4cn[nH]c4)ccc32)cc(OC)c1C(=O)CCC(F)(F)F. The second-order valence-corrected chi connectivity index (χ2v) is 7.07. The Morgan fingerprint density at radius 2 is 1.81 bits per heavy atom. The van der Waals surface area contributed by atoms with E-state index in [1.807, 2.05) is 18.2 Å². The molecule has 0 aliphatic rings. The van der Waals surface area contributed by atoms with Crippen LogP contribution in [-0.2, 0) is 0 Å². The number of ketones is 1. The molecule has 10 heteroatoms. The highest BCUT2D eigenvalue weighted by atomic mass is 19.4. The Hall–Kier alpha value is -3.82. The summed E-state index contributed by atoms with van der Waals surface area (Å²) in [5.41, 5.74) is 3.95. The third-order valence-corrected chi connectivity index (χ3v) is 5.06. The van der Waals surface area contributed by atoms with E-state index in [4.69, 9.17) is 9.47 Å². The van der Waals surface area contributed by atoms with E-state index in [2.05, 4.69) is 15.2 Å². The van der Waals surface area contributed by atoms with E-state index in [9.17, 15) is 18.0 Å². The van der Waals surface area contributed by atoms with Crippen molar-refractivity contribution in [2.75, 3.05) is 14.2 Å². The number of hydrogen-bond acceptors (Lipinski definition) is 5. The Morgan fingerprint density at radius 1 is 1.09 bits per heavy atom. The lowest BCUT2D eigenvalue weighted by Crippen LogP contribution is -2.13. The Kier molecular flexibility index (Phi) is 5.60. The third-order valence-electron chi connectivity index (χ3n) is 5.06. The number of carbonyl (C=O) groups excluding carboxylic acids is 1. The number of methoxy groups -OCH3 is 2. The number of hydrogen-bond donors (Lipinski definition) is 1. The number of rotatable bonds is 7. The van der Waals surface area contributed by atoms with Gasteiger partial charge in [-0.3, -0.25) is 14.5 Å². The maximum absolute atomic E-state index is 12.6. The maximum Gasteiger partial charge on any atom is 0.389 e. The molecule has 0 saturated carbocycles. The summed E-state index contributed by atoms with van der Waals surface area (Å²) in [5, 5.41) is 6.72. The normalized spacial score (nSPS) is 11.7. The van der Waals surface area contributed by atoms with Crippen LogP contribution in [0.1, 0.15) is 23.2 Å². The lowest BCUT2D eigenvalue weighted by atomic mass is 10.0. The Morgan fingerprint density at radius 3 is 2.41 bits per heavy atom. The quantitative estimate of drug-likeness (QED) is 0.408. The fourth-order valence-electron chi connectivity index (χ4n) is 3.50. The second-order valence-electron chi connectivity index (χ2n) is 7.07. The standard InChI is InChI=1S/C22H19F3N4O3/c1-31-19-8-15(9-20(32-2)21(19)18(30)5-6-22(23,24)25)29-12-26-16-7-13(3-4-17(16)29)14-10-27-28-11-14/h3-4,7-12H,5-6H2,1-2H3,(H,27,28). The molecule has 0 radical (unpaired) electrons. The summed E-state index contributed by atoms with van der Waals surface area (Å²) in [6.07, 6.45) is -1.24. The average Bonchev–Trinajstić information content (AvgIpc) is 3.45. The number of benzene rings is 2. The molecule has 0 amide bonds. The van der Waals surface area contributed by atoms with Gasteiger partial charge in [-0.05, 0) is 17.7 Å². The molecule has 0 unspecified atom stereocenters. The van der Waals surface area contributed by atoms with Gasteiger partial charge in [-0.25, -0.2) is 4.98 Å². The molecule has 0 aliphatic heterocycles. The summed E-state index contributed by atoms with van der Waals surface area (Å²) in [6.45, 7) is 0. The number of nitrogens with zero attached hydrogens (tertiary/aromatic N) is 3. The highest BCUT2D eigenvalue weighted by Gasteiger charge is 2.30. The van der Waals surface area contributed by atoms with Gasteiger partial charge in [0.05, 0.1) is 43.6 Å². The van der Waals surface area contributed by atoms with Crippen molar-refractivity contribution in [3.05, 3.63) is 54.6 Å². The van der Waals surface area contributed by atoms with Crippen LogP contribution in [0.25, 0.3) is 27.8 Å². The number of aromatic nitrogens is 4. The number of carbonyl (C=O) groups is 1. The van der Waals surface area contributed by atoms with E-state index < -0.39 is 24.8 Å². The first-order valence-corrected chi connectivity index (χ1v) is 9.63. The third kappa shape index (κ3) is 4.16. The van der Waals surface area contributed by atoms with Gasteiger partial charge < -0.3 is 9.47 Å². The van der Waals surface area contributed by atoms with Gasteiger partial charge in [0.2, 0.25) is 0 Å². The van der Waals surface area contributed by atoms with Crippen molar-refractivity contribution in [3.8, 4) is 28.3 Å². The van der Waals surface area contributed by atoms with Crippen LogP contribution in [0.3, 0.4) is 0 Å². The Balaban J connectivity index is 1.74. The summed E-state index contributed by atoms with van der Waals surface area (Å²) in [5.74, 6) is -0.449. The number of H-pyrrole nitrogens is 1. The lowest BCUT2D eigenvalue weighted by Gasteiger charge is -2.16. The first kappa shape index (κ1) is 21.4. The summed E-state index contributed by atoms with van der Waals surface area (Å²) in [7, 11) is 2.70. The maximum atomic E-state index is 12.6. The number of fused-ring (bicyclic) bond motifs is 1. The molecule has 0 atom stereocenters. The average molecular weight is 444 g/mol. The molecule has 0 saturated heterocycles. The van der Waals surface area contributed by atoms with Crippen LogP contribution in [0, 0.1) is 0 Å². The highest BCUT2D eigenvalue weighted by Crippen LogP contribution is 2.36. The first-order chi connectivity index (χ1) is 15.3. The fraction of sp³-hybridized carbons (Fsp3) is 0.227. The molecule has 0 spiro atoms. The van der Waals surface area contributed by atoms with Crippen molar-refractivity contribution < 1.29 is 27.4 Å². The van der Waals surface area contributed by atoms with Crippen molar-refractivity contribution in [1.29, 1.82) is 0 Å². The van der Waals surface area contributed by atoms with E-state index in [0.717, 1.165) is 22.2 Å². The summed E-state index contributed by atoms with van der Waals surface area (Å²) >= 11 is 0. The second kappa shape index (κ2) is 8.37. The van der Waals surface area contributed by atoms with Crippen LogP contribution in [0.15, 0.2) is 49.1 Å². The largest absolute Gasteiger partial charge is 0.496 e. The minimum absolute atomic E-state index is 0.0188. The molecule has 7 nitrogen and oxygen atoms in total. The van der Waals surface area contributed by atoms with Gasteiger partial charge >= 0.3 is 6.18 Å². The molecular weight excluding hydrogens is 425 g/mol. The van der Waals surface area contributed by atoms with Crippen molar-refractivity contribution in [2.24, 2.45) is 0 Å². The number of imidazole rings is 1. The van der Waals surface area contributed by atoms with Gasteiger partial charge in [0.25, 0.3) is 0 Å². The zero-order valence-electron chi connectivity index (χ0n) is 17.2. The smallest absolute Gasteiger partial charge is 0.389 e. The van der Waals surface area contributed by atoms with Gasteiger partial charge in [-0.2, -0.15) is 18.3 Å². The van der Waals surface area contributed by atoms with Crippen LogP contribution in [0.4, 0.5) is 13.2 Å². The minimum Gasteiger partial charge on any atom is -0.496 e. The Bertz CT molecular complexity index is 1240. The first-order valence-electron chi connectivity index (χ1n) is 9.63. The van der Waals surface area contributed by atoms with Gasteiger partial charge in [-0.1, -0.05) is 6.07 Å². The zero-order valence-corrected chi connectivity index (χ0v) is 17.2. The minimum atomic E-state index is -4.43. The summed E-state index contributed by atoms with van der Waals surface area (Å²) < 4.78 is 50.2. The molecule has 0 fully saturated rings. The zero-order chi connectivity index (χ0) is 22.9. The molecule has 2 heterocycles. The van der Waals surface area contributed by atoms with E-state index in [1.54, 1.807) is 35.4 Å². The van der Waals surface area contributed by atoms with Gasteiger partial charge in [0.1, 0.15) is 23.4 Å². The predicted molar refractivity (Wildman–Crippen MR) is 111 cm³/mol. The van der Waals surface area contributed by atoms with Crippen molar-refractivity contribution in [1.82, 2.24) is 19.7 Å². The number of alkyl halides is 3. The highest BCUT2D eigenvalue weighted by molar-refractivity contribution is 6.02. The number of ether oxygens (including phenoxy) is 2. The molecule has 0 aliphatic carbocycles. The number of halogens is 3. The van der Waals surface area contributed by atoms with Crippen LogP contribution in [-0.4, -0.2) is 45.9 Å². The van der Waals surface area contributed by atoms with E-state index in [1.165, 1.54) is 14.2 Å². The Labute approximate surface area is 180 Å². The van der Waals surface area contributed by atoms with Crippen molar-refractivity contribution in [3.63, 3.8) is 0 Å². The lowest BCUT2D eigenvalue weighted by molar-refractivity contribution is -0.133. The molecular formula is C22H19F3N4O3. The fourth-order valence-corrected chi connectivity index (χ4v) is 3.50. The molecule has 4 rings (SSSR count). The summed E-state index contributed by atoms with van der Waals surface area (Å²) in [6, 6.07) is 8.89. The topological polar surface area (TPSA) is 82.0 Å². The monoisotopic (exact) mass is 444 g/mol. The van der Waals surface area contributed by atoms with E-state index in [-0.39, 0.29) is 17.1 Å². The van der Waals surface area contributed by atoms with Gasteiger partial charge in [0, 0.05) is 30.3 Å². The van der Waals surface area contributed by atoms with Gasteiger partial charge in [-0.15, -0.1) is 0 Å². The predicted octanol–water partition coefficient (Wildman–Crippen LogP) is 4.96. The molecule has 4 aromatic rings. The summed E-state index contributed by atoms with van der Waals surface area (Å²) in [4.78, 5) is 17.0. The molecule has 32 heavy (non-hydrogen) atoms. The van der Waals surface area contributed by atoms with Crippen LogP contribution < -0.4 is 9.47 Å².